The van der Waals surface area contributed by atoms with E-state index >= 15 is 0 Å². The first-order chi connectivity index (χ1) is 14.9. The van der Waals surface area contributed by atoms with Gasteiger partial charge in [-0.1, -0.05) is 0 Å². The average Bonchev–Trinajstić information content (AvgIpc) is 3.20. The first-order valence-corrected chi connectivity index (χ1v) is 9.06. The van der Waals surface area contributed by atoms with Crippen LogP contribution >= 0.6 is 0 Å². The molecule has 0 saturated carbocycles. The lowest BCUT2D eigenvalue weighted by atomic mass is 10.2. The largest absolute Gasteiger partial charge is 0.480 e. The summed E-state index contributed by atoms with van der Waals surface area (Å²) in [4.78, 5) is 36.4. The Morgan fingerprint density at radius 2 is 1.90 bits per heavy atom. The summed E-state index contributed by atoms with van der Waals surface area (Å²) in [6.45, 7) is 0. The number of aromatic nitrogens is 6. The highest BCUT2D eigenvalue weighted by molar-refractivity contribution is 6.03. The molecule has 0 saturated heterocycles. The van der Waals surface area contributed by atoms with Gasteiger partial charge < -0.3 is 15.2 Å². The number of aromatic hydroxyl groups is 1. The van der Waals surface area contributed by atoms with Gasteiger partial charge in [-0.05, 0) is 18.2 Å². The molecule has 0 aromatic carbocycles. The van der Waals surface area contributed by atoms with E-state index in [9.17, 15) is 14.7 Å². The molecule has 0 aliphatic rings. The summed E-state index contributed by atoms with van der Waals surface area (Å²) in [7, 11) is 3.14. The van der Waals surface area contributed by atoms with Crippen LogP contribution in [-0.4, -0.2) is 40.3 Å². The molecule has 0 bridgehead atoms. The van der Waals surface area contributed by atoms with E-state index < -0.39 is 17.5 Å². The van der Waals surface area contributed by atoms with Crippen LogP contribution in [0.15, 0.2) is 60.0 Å². The zero-order valence-electron chi connectivity index (χ0n) is 16.6. The lowest BCUT2D eigenvalue weighted by Gasteiger charge is -2.08. The highest BCUT2D eigenvalue weighted by Gasteiger charge is 2.15. The molecule has 156 valence electrons. The highest BCUT2D eigenvalue weighted by Crippen LogP contribution is 2.25. The molecule has 4 aromatic heterocycles. The second-order valence-corrected chi connectivity index (χ2v) is 6.55. The molecule has 31 heavy (non-hydrogen) atoms. The Balaban J connectivity index is 1.46. The Hall–Kier alpha value is -4.54. The minimum atomic E-state index is -0.690. The lowest BCUT2D eigenvalue weighted by molar-refractivity contribution is 0.102. The summed E-state index contributed by atoms with van der Waals surface area (Å²) >= 11 is 0. The topological polar surface area (TPSA) is 137 Å². The summed E-state index contributed by atoms with van der Waals surface area (Å²) < 4.78 is 8.36. The van der Waals surface area contributed by atoms with E-state index in [0.29, 0.717) is 17.2 Å². The van der Waals surface area contributed by atoms with Crippen LogP contribution in [0, 0.1) is 0 Å². The molecule has 0 aliphatic heterocycles. The number of hydrogen-bond donors (Lipinski definition) is 2. The molecule has 0 unspecified atom stereocenters. The molecule has 0 fully saturated rings. The summed E-state index contributed by atoms with van der Waals surface area (Å²) in [5.41, 5.74) is 0.680. The lowest BCUT2D eigenvalue weighted by Crippen LogP contribution is -2.28. The van der Waals surface area contributed by atoms with Crippen LogP contribution in [0.1, 0.15) is 10.4 Å². The van der Waals surface area contributed by atoms with Crippen LogP contribution in [0.2, 0.25) is 0 Å². The van der Waals surface area contributed by atoms with Crippen LogP contribution in [0.25, 0.3) is 11.3 Å². The van der Waals surface area contributed by atoms with Crippen molar-refractivity contribution in [2.24, 2.45) is 14.1 Å². The van der Waals surface area contributed by atoms with Crippen molar-refractivity contribution in [1.29, 1.82) is 0 Å². The summed E-state index contributed by atoms with van der Waals surface area (Å²) in [6.07, 6.45) is 7.64. The Labute approximate surface area is 175 Å². The standard InChI is InChI=1S/C20H17N7O4/c1-26-11-12(8-24-26)16-7-13(5-6-21-16)31-14-3-4-17(22-9-14)25-18(28)15-10-23-20(30)27(2)19(15)29/h3-11H,1-2H3,(H,23,30)(H,22,25,28). The second-order valence-electron chi connectivity index (χ2n) is 6.55. The molecule has 4 rings (SSSR count). The number of carbonyl (C=O) groups excluding carboxylic acids is 1. The summed E-state index contributed by atoms with van der Waals surface area (Å²) in [5, 5.41) is 16.1. The number of carbonyl (C=O) groups is 1. The molecule has 0 spiro atoms. The Bertz CT molecular complexity index is 1310. The van der Waals surface area contributed by atoms with Crippen LogP contribution in [0.3, 0.4) is 0 Å². The molecule has 2 N–H and O–H groups in total. The fourth-order valence-electron chi connectivity index (χ4n) is 2.71. The number of amides is 1. The molecule has 1 amide bonds. The van der Waals surface area contributed by atoms with Gasteiger partial charge in [0, 0.05) is 38.1 Å². The smallest absolute Gasteiger partial charge is 0.296 e. The van der Waals surface area contributed by atoms with Crippen molar-refractivity contribution in [3.8, 4) is 28.8 Å². The second kappa shape index (κ2) is 8.06. The quantitative estimate of drug-likeness (QED) is 0.499. The van der Waals surface area contributed by atoms with Gasteiger partial charge in [0.2, 0.25) is 0 Å². The van der Waals surface area contributed by atoms with Crippen LogP contribution in [-0.2, 0) is 14.1 Å². The number of anilines is 1. The van der Waals surface area contributed by atoms with Crippen molar-refractivity contribution >= 4 is 11.7 Å². The van der Waals surface area contributed by atoms with Crippen molar-refractivity contribution in [2.45, 2.75) is 0 Å². The molecule has 4 heterocycles. The van der Waals surface area contributed by atoms with Crippen molar-refractivity contribution < 1.29 is 14.6 Å². The minimum Gasteiger partial charge on any atom is -0.480 e. The Morgan fingerprint density at radius 1 is 1.06 bits per heavy atom. The number of aryl methyl sites for hydroxylation is 1. The van der Waals surface area contributed by atoms with Gasteiger partial charge in [-0.3, -0.25) is 23.8 Å². The van der Waals surface area contributed by atoms with Gasteiger partial charge in [-0.2, -0.15) is 5.10 Å². The van der Waals surface area contributed by atoms with Gasteiger partial charge >= 0.3 is 0 Å². The van der Waals surface area contributed by atoms with Crippen LogP contribution < -0.4 is 15.6 Å². The van der Waals surface area contributed by atoms with E-state index in [1.165, 1.54) is 19.3 Å². The number of ether oxygens (including phenoxy) is 1. The fourth-order valence-corrected chi connectivity index (χ4v) is 2.71. The minimum absolute atomic E-state index is 0.220. The molecular weight excluding hydrogens is 402 g/mol. The summed E-state index contributed by atoms with van der Waals surface area (Å²) in [6, 6.07) is 6.17. The third kappa shape index (κ3) is 4.24. The van der Waals surface area contributed by atoms with Crippen molar-refractivity contribution in [3.63, 3.8) is 0 Å². The predicted octanol–water partition coefficient (Wildman–Crippen LogP) is 1.72. The maximum absolute atomic E-state index is 12.3. The highest BCUT2D eigenvalue weighted by atomic mass is 16.5. The van der Waals surface area contributed by atoms with E-state index in [1.54, 1.807) is 35.3 Å². The van der Waals surface area contributed by atoms with E-state index in [-0.39, 0.29) is 11.4 Å². The maximum atomic E-state index is 12.3. The van der Waals surface area contributed by atoms with E-state index in [1.807, 2.05) is 13.2 Å². The number of nitrogens with zero attached hydrogens (tertiary/aromatic N) is 6. The first kappa shape index (κ1) is 19.8. The molecule has 0 aliphatic carbocycles. The van der Waals surface area contributed by atoms with E-state index in [4.69, 9.17) is 4.74 Å². The zero-order chi connectivity index (χ0) is 22.0. The molecule has 0 radical (unpaired) electrons. The SMILES string of the molecule is Cn1cc(-c2cc(Oc3ccc(NC(=O)c4cnc(O)n(C)c4=O)nc3)ccn2)cn1. The first-order valence-electron chi connectivity index (χ1n) is 9.06. The van der Waals surface area contributed by atoms with Crippen molar-refractivity contribution in [1.82, 2.24) is 29.3 Å². The van der Waals surface area contributed by atoms with Gasteiger partial charge in [0.15, 0.2) is 0 Å². The van der Waals surface area contributed by atoms with Gasteiger partial charge in [0.25, 0.3) is 17.5 Å². The maximum Gasteiger partial charge on any atom is 0.296 e. The number of rotatable bonds is 5. The third-order valence-corrected chi connectivity index (χ3v) is 4.33. The van der Waals surface area contributed by atoms with E-state index in [2.05, 4.69) is 25.4 Å². The molecule has 11 nitrogen and oxygen atoms in total. The monoisotopic (exact) mass is 419 g/mol. The molecule has 11 heteroatoms. The van der Waals surface area contributed by atoms with Gasteiger partial charge in [0.05, 0.1) is 24.3 Å². The summed E-state index contributed by atoms with van der Waals surface area (Å²) in [5.74, 6) is 0.539. The predicted molar refractivity (Wildman–Crippen MR) is 110 cm³/mol. The van der Waals surface area contributed by atoms with Crippen molar-refractivity contribution in [3.05, 3.63) is 71.2 Å². The zero-order valence-corrected chi connectivity index (χ0v) is 16.6. The van der Waals surface area contributed by atoms with Gasteiger partial charge in [0.1, 0.15) is 22.9 Å². The van der Waals surface area contributed by atoms with Crippen LogP contribution in [0.5, 0.6) is 17.5 Å². The molecule has 4 aromatic rings. The Kier molecular flexibility index (Phi) is 5.14. The van der Waals surface area contributed by atoms with Gasteiger partial charge in [-0.15, -0.1) is 0 Å². The average molecular weight is 419 g/mol. The fraction of sp³-hybridized carbons (Fsp3) is 0.100. The van der Waals surface area contributed by atoms with Gasteiger partial charge in [-0.25, -0.2) is 9.97 Å². The molecular formula is C20H17N7O4. The number of nitrogens with one attached hydrogen (secondary N) is 1. The normalized spacial score (nSPS) is 10.6. The van der Waals surface area contributed by atoms with E-state index in [0.717, 1.165) is 16.3 Å². The number of hydrogen-bond acceptors (Lipinski definition) is 8. The van der Waals surface area contributed by atoms with Crippen molar-refractivity contribution in [2.75, 3.05) is 5.32 Å². The molecule has 0 atom stereocenters. The van der Waals surface area contributed by atoms with Crippen LogP contribution in [0.4, 0.5) is 5.82 Å². The third-order valence-electron chi connectivity index (χ3n) is 4.33. The number of pyridine rings is 2. The Morgan fingerprint density at radius 3 is 2.61 bits per heavy atom.